The van der Waals surface area contributed by atoms with Gasteiger partial charge in [0.15, 0.2) is 5.78 Å². The minimum absolute atomic E-state index is 0.0440. The number of esters is 1. The highest BCUT2D eigenvalue weighted by molar-refractivity contribution is 14.1. The van der Waals surface area contributed by atoms with Crippen molar-refractivity contribution >= 4 is 34.3 Å². The third kappa shape index (κ3) is 3.10. The monoisotopic (exact) mass is 402 g/mol. The van der Waals surface area contributed by atoms with Gasteiger partial charge < -0.3 is 4.74 Å². The number of carbonyl (C=O) groups excluding carboxylic acids is 2. The van der Waals surface area contributed by atoms with Gasteiger partial charge in [0.25, 0.3) is 0 Å². The highest BCUT2D eigenvalue weighted by Gasteiger charge is 2.22. The van der Waals surface area contributed by atoms with Gasteiger partial charge in [-0.15, -0.1) is 0 Å². The van der Waals surface area contributed by atoms with E-state index in [-0.39, 0.29) is 11.1 Å². The summed E-state index contributed by atoms with van der Waals surface area (Å²) in [5, 5.41) is 0. The molecule has 0 aliphatic heterocycles. The molecule has 0 bridgehead atoms. The number of carbonyl (C=O) groups is 2. The summed E-state index contributed by atoms with van der Waals surface area (Å²) in [6.45, 7) is 0. The second kappa shape index (κ2) is 6.30. The average Bonchev–Trinajstić information content (AvgIpc) is 2.46. The molecule has 0 amide bonds. The molecule has 108 valence electrons. The SMILES string of the molecule is COC(=O)c1ccc(I)c(C(=O)c2c(F)cccc2F)c1. The third-order valence-electron chi connectivity index (χ3n) is 2.82. The Hall–Kier alpha value is -1.83. The molecule has 0 spiro atoms. The standard InChI is InChI=1S/C15H9F2IO3/c1-21-15(20)8-5-6-12(18)9(7-8)14(19)13-10(16)3-2-4-11(13)17/h2-7H,1H3. The fraction of sp³-hybridized carbons (Fsp3) is 0.0667. The van der Waals surface area contributed by atoms with Gasteiger partial charge in [0, 0.05) is 9.13 Å². The molecule has 0 fully saturated rings. The van der Waals surface area contributed by atoms with E-state index in [1.165, 1.54) is 31.4 Å². The second-order valence-electron chi connectivity index (χ2n) is 4.11. The number of benzene rings is 2. The Morgan fingerprint density at radius 1 is 1.10 bits per heavy atom. The van der Waals surface area contributed by atoms with Crippen molar-refractivity contribution in [1.82, 2.24) is 0 Å². The molecule has 0 aromatic heterocycles. The fourth-order valence-electron chi connectivity index (χ4n) is 1.79. The predicted octanol–water partition coefficient (Wildman–Crippen LogP) is 3.59. The first-order valence-electron chi connectivity index (χ1n) is 5.82. The van der Waals surface area contributed by atoms with Gasteiger partial charge in [0.05, 0.1) is 18.2 Å². The van der Waals surface area contributed by atoms with Gasteiger partial charge in [-0.1, -0.05) is 6.07 Å². The Bertz CT molecular complexity index is 709. The molecule has 3 nitrogen and oxygen atoms in total. The van der Waals surface area contributed by atoms with Crippen LogP contribution in [0.4, 0.5) is 8.78 Å². The van der Waals surface area contributed by atoms with E-state index in [9.17, 15) is 18.4 Å². The van der Waals surface area contributed by atoms with Crippen LogP contribution in [-0.2, 0) is 4.74 Å². The van der Waals surface area contributed by atoms with E-state index in [1.807, 2.05) is 22.6 Å². The molecule has 2 rings (SSSR count). The Morgan fingerprint density at radius 2 is 1.71 bits per heavy atom. The summed E-state index contributed by atoms with van der Waals surface area (Å²) < 4.78 is 32.4. The van der Waals surface area contributed by atoms with Crippen LogP contribution in [0.15, 0.2) is 36.4 Å². The lowest BCUT2D eigenvalue weighted by Crippen LogP contribution is -2.11. The molecule has 0 atom stereocenters. The van der Waals surface area contributed by atoms with Crippen LogP contribution in [0, 0.1) is 15.2 Å². The zero-order chi connectivity index (χ0) is 15.6. The quantitative estimate of drug-likeness (QED) is 0.448. The van der Waals surface area contributed by atoms with Crippen molar-refractivity contribution in [3.8, 4) is 0 Å². The highest BCUT2D eigenvalue weighted by atomic mass is 127. The number of rotatable bonds is 3. The van der Waals surface area contributed by atoms with Crippen LogP contribution in [-0.4, -0.2) is 18.9 Å². The molecule has 0 unspecified atom stereocenters. The molecule has 6 heteroatoms. The Balaban J connectivity index is 2.56. The summed E-state index contributed by atoms with van der Waals surface area (Å²) in [5.41, 5.74) is -0.460. The van der Waals surface area contributed by atoms with E-state index in [4.69, 9.17) is 0 Å². The number of ketones is 1. The van der Waals surface area contributed by atoms with Gasteiger partial charge in [0.2, 0.25) is 0 Å². The zero-order valence-corrected chi connectivity index (χ0v) is 13.0. The van der Waals surface area contributed by atoms with E-state index in [0.717, 1.165) is 12.1 Å². The minimum Gasteiger partial charge on any atom is -0.465 e. The van der Waals surface area contributed by atoms with Gasteiger partial charge in [-0.25, -0.2) is 13.6 Å². The summed E-state index contributed by atoms with van der Waals surface area (Å²) >= 11 is 1.86. The lowest BCUT2D eigenvalue weighted by atomic mass is 10.0. The predicted molar refractivity (Wildman–Crippen MR) is 80.3 cm³/mol. The van der Waals surface area contributed by atoms with Crippen molar-refractivity contribution in [3.63, 3.8) is 0 Å². The van der Waals surface area contributed by atoms with Crippen molar-refractivity contribution in [2.24, 2.45) is 0 Å². The van der Waals surface area contributed by atoms with Crippen molar-refractivity contribution in [2.75, 3.05) is 7.11 Å². The number of hydrogen-bond acceptors (Lipinski definition) is 3. The van der Waals surface area contributed by atoms with Crippen LogP contribution < -0.4 is 0 Å². The normalized spacial score (nSPS) is 10.3. The molecule has 2 aromatic carbocycles. The summed E-state index contributed by atoms with van der Waals surface area (Å²) in [5.74, 6) is -3.34. The largest absolute Gasteiger partial charge is 0.465 e. The fourth-order valence-corrected chi connectivity index (χ4v) is 2.37. The van der Waals surface area contributed by atoms with Crippen molar-refractivity contribution < 1.29 is 23.1 Å². The van der Waals surface area contributed by atoms with Gasteiger partial charge in [-0.05, 0) is 52.9 Å². The van der Waals surface area contributed by atoms with Gasteiger partial charge in [0.1, 0.15) is 11.6 Å². The lowest BCUT2D eigenvalue weighted by Gasteiger charge is -2.08. The van der Waals surface area contributed by atoms with Crippen molar-refractivity contribution in [1.29, 1.82) is 0 Å². The third-order valence-corrected chi connectivity index (χ3v) is 3.76. The van der Waals surface area contributed by atoms with Gasteiger partial charge in [-0.2, -0.15) is 0 Å². The zero-order valence-electron chi connectivity index (χ0n) is 10.8. The van der Waals surface area contributed by atoms with Crippen LogP contribution >= 0.6 is 22.6 Å². The lowest BCUT2D eigenvalue weighted by molar-refractivity contribution is 0.0600. The van der Waals surface area contributed by atoms with Crippen molar-refractivity contribution in [3.05, 3.63) is 68.3 Å². The number of ether oxygens (including phenoxy) is 1. The summed E-state index contributed by atoms with van der Waals surface area (Å²) in [6.07, 6.45) is 0. The molecule has 0 radical (unpaired) electrons. The van der Waals surface area contributed by atoms with E-state index in [2.05, 4.69) is 4.74 Å². The molecular formula is C15H9F2IO3. The van der Waals surface area contributed by atoms with Crippen LogP contribution in [0.3, 0.4) is 0 Å². The molecule has 21 heavy (non-hydrogen) atoms. The topological polar surface area (TPSA) is 43.4 Å². The first-order chi connectivity index (χ1) is 9.95. The molecule has 0 heterocycles. The molecular weight excluding hydrogens is 393 g/mol. The summed E-state index contributed by atoms with van der Waals surface area (Å²) in [6, 6.07) is 7.45. The summed E-state index contributed by atoms with van der Waals surface area (Å²) in [7, 11) is 1.21. The number of methoxy groups -OCH3 is 1. The minimum atomic E-state index is -0.945. The first kappa shape index (κ1) is 15.6. The van der Waals surface area contributed by atoms with E-state index < -0.39 is 29.0 Å². The summed E-state index contributed by atoms with van der Waals surface area (Å²) in [4.78, 5) is 23.8. The van der Waals surface area contributed by atoms with E-state index in [1.54, 1.807) is 0 Å². The van der Waals surface area contributed by atoms with Gasteiger partial charge >= 0.3 is 5.97 Å². The smallest absolute Gasteiger partial charge is 0.337 e. The van der Waals surface area contributed by atoms with E-state index in [0.29, 0.717) is 3.57 Å². The maximum Gasteiger partial charge on any atom is 0.337 e. The first-order valence-corrected chi connectivity index (χ1v) is 6.90. The molecule has 0 aliphatic carbocycles. The average molecular weight is 402 g/mol. The Kier molecular flexibility index (Phi) is 4.66. The Morgan fingerprint density at radius 3 is 2.29 bits per heavy atom. The van der Waals surface area contributed by atoms with Crippen LogP contribution in [0.1, 0.15) is 26.3 Å². The van der Waals surface area contributed by atoms with Crippen LogP contribution in [0.25, 0.3) is 0 Å². The maximum atomic E-state index is 13.7. The number of halogens is 3. The molecule has 0 saturated carbocycles. The molecule has 2 aromatic rings. The Labute approximate surface area is 133 Å². The van der Waals surface area contributed by atoms with Crippen LogP contribution in [0.2, 0.25) is 0 Å². The second-order valence-corrected chi connectivity index (χ2v) is 5.27. The molecule has 0 N–H and O–H groups in total. The number of hydrogen-bond donors (Lipinski definition) is 0. The van der Waals surface area contributed by atoms with Gasteiger partial charge in [-0.3, -0.25) is 4.79 Å². The molecule has 0 saturated heterocycles. The van der Waals surface area contributed by atoms with Crippen molar-refractivity contribution in [2.45, 2.75) is 0 Å². The highest BCUT2D eigenvalue weighted by Crippen LogP contribution is 2.22. The van der Waals surface area contributed by atoms with Crippen LogP contribution in [0.5, 0.6) is 0 Å². The maximum absolute atomic E-state index is 13.7. The molecule has 0 aliphatic rings. The van der Waals surface area contributed by atoms with E-state index >= 15 is 0 Å².